The molecule has 106 valence electrons. The fraction of sp³-hybridized carbons (Fsp3) is 0.417. The Kier molecular flexibility index (Phi) is 5.78. The molecular weight excluding hydrogens is 268 g/mol. The molecule has 0 saturated heterocycles. The lowest BCUT2D eigenvalue weighted by atomic mass is 10.3. The molecule has 0 saturated carbocycles. The molecular formula is C12H18N2O4S. The molecule has 7 heteroatoms. The van der Waals surface area contributed by atoms with Gasteiger partial charge in [0.1, 0.15) is 5.75 Å². The fourth-order valence-electron chi connectivity index (χ4n) is 1.36. The standard InChI is InChI=1S/C12H18N2O4S/c1-2-8-13-12(16)7-9-14-19(17,18)11-5-3-10(15)4-6-11/h3-6,14-15H,2,7-9H2,1H3,(H,13,16). The highest BCUT2D eigenvalue weighted by Gasteiger charge is 2.13. The van der Waals surface area contributed by atoms with Gasteiger partial charge in [0.05, 0.1) is 4.90 Å². The maximum absolute atomic E-state index is 11.8. The van der Waals surface area contributed by atoms with Crippen molar-refractivity contribution in [1.29, 1.82) is 0 Å². The Balaban J connectivity index is 2.47. The average Bonchev–Trinajstić information content (AvgIpc) is 2.36. The van der Waals surface area contributed by atoms with Gasteiger partial charge in [-0.05, 0) is 30.7 Å². The summed E-state index contributed by atoms with van der Waals surface area (Å²) in [5.74, 6) is -0.187. The van der Waals surface area contributed by atoms with Gasteiger partial charge in [0, 0.05) is 19.5 Å². The van der Waals surface area contributed by atoms with E-state index in [4.69, 9.17) is 5.11 Å². The van der Waals surface area contributed by atoms with Crippen LogP contribution in [0.3, 0.4) is 0 Å². The molecule has 0 aliphatic rings. The number of phenolic OH excluding ortho intramolecular Hbond substituents is 1. The molecule has 3 N–H and O–H groups in total. The zero-order valence-electron chi connectivity index (χ0n) is 10.7. The second-order valence-electron chi connectivity index (χ2n) is 3.99. The van der Waals surface area contributed by atoms with Gasteiger partial charge < -0.3 is 10.4 Å². The van der Waals surface area contributed by atoms with E-state index in [-0.39, 0.29) is 29.5 Å². The van der Waals surface area contributed by atoms with Gasteiger partial charge in [0.2, 0.25) is 15.9 Å². The van der Waals surface area contributed by atoms with Crippen LogP contribution >= 0.6 is 0 Å². The van der Waals surface area contributed by atoms with E-state index in [1.165, 1.54) is 24.3 Å². The number of amides is 1. The molecule has 0 bridgehead atoms. The number of hydrogen-bond donors (Lipinski definition) is 3. The Morgan fingerprint density at radius 2 is 1.84 bits per heavy atom. The van der Waals surface area contributed by atoms with E-state index in [9.17, 15) is 13.2 Å². The molecule has 0 aliphatic carbocycles. The van der Waals surface area contributed by atoms with Gasteiger partial charge >= 0.3 is 0 Å². The largest absolute Gasteiger partial charge is 0.508 e. The van der Waals surface area contributed by atoms with Crippen LogP contribution in [0.1, 0.15) is 19.8 Å². The van der Waals surface area contributed by atoms with Crippen LogP contribution in [0.4, 0.5) is 0 Å². The van der Waals surface area contributed by atoms with Gasteiger partial charge in [-0.2, -0.15) is 0 Å². The number of benzene rings is 1. The first-order valence-electron chi connectivity index (χ1n) is 6.01. The first-order chi connectivity index (χ1) is 8.95. The minimum atomic E-state index is -3.63. The number of aromatic hydroxyl groups is 1. The van der Waals surface area contributed by atoms with Crippen molar-refractivity contribution >= 4 is 15.9 Å². The number of nitrogens with one attached hydrogen (secondary N) is 2. The molecule has 0 fully saturated rings. The lowest BCUT2D eigenvalue weighted by Crippen LogP contribution is -2.31. The van der Waals surface area contributed by atoms with Crippen LogP contribution in [0, 0.1) is 0 Å². The highest BCUT2D eigenvalue weighted by molar-refractivity contribution is 7.89. The van der Waals surface area contributed by atoms with E-state index in [0.29, 0.717) is 6.54 Å². The second-order valence-corrected chi connectivity index (χ2v) is 5.76. The molecule has 0 heterocycles. The van der Waals surface area contributed by atoms with E-state index in [0.717, 1.165) is 6.42 Å². The third-order valence-electron chi connectivity index (χ3n) is 2.36. The molecule has 0 spiro atoms. The normalized spacial score (nSPS) is 11.2. The van der Waals surface area contributed by atoms with E-state index in [1.807, 2.05) is 6.92 Å². The minimum Gasteiger partial charge on any atom is -0.508 e. The number of carbonyl (C=O) groups is 1. The molecule has 19 heavy (non-hydrogen) atoms. The molecule has 0 aliphatic heterocycles. The number of sulfonamides is 1. The summed E-state index contributed by atoms with van der Waals surface area (Å²) in [5, 5.41) is 11.7. The van der Waals surface area contributed by atoms with Crippen molar-refractivity contribution in [3.05, 3.63) is 24.3 Å². The summed E-state index contributed by atoms with van der Waals surface area (Å²) in [5.41, 5.74) is 0. The van der Waals surface area contributed by atoms with Crippen molar-refractivity contribution in [3.63, 3.8) is 0 Å². The third kappa shape index (κ3) is 5.27. The monoisotopic (exact) mass is 286 g/mol. The molecule has 1 aromatic carbocycles. The van der Waals surface area contributed by atoms with Crippen LogP contribution in [0.25, 0.3) is 0 Å². The van der Waals surface area contributed by atoms with Crippen molar-refractivity contribution in [2.75, 3.05) is 13.1 Å². The Bertz CT molecular complexity index is 511. The zero-order chi connectivity index (χ0) is 14.3. The lowest BCUT2D eigenvalue weighted by Gasteiger charge is -2.07. The van der Waals surface area contributed by atoms with Crippen molar-refractivity contribution < 1.29 is 18.3 Å². The molecule has 0 atom stereocenters. The van der Waals surface area contributed by atoms with Gasteiger partial charge in [0.15, 0.2) is 0 Å². The van der Waals surface area contributed by atoms with Gasteiger partial charge in [-0.3, -0.25) is 4.79 Å². The summed E-state index contributed by atoms with van der Waals surface area (Å²) >= 11 is 0. The summed E-state index contributed by atoms with van der Waals surface area (Å²) in [4.78, 5) is 11.3. The lowest BCUT2D eigenvalue weighted by molar-refractivity contribution is -0.120. The highest BCUT2D eigenvalue weighted by atomic mass is 32.2. The predicted octanol–water partition coefficient (Wildman–Crippen LogP) is 0.587. The second kappa shape index (κ2) is 7.10. The van der Waals surface area contributed by atoms with Crippen LogP contribution in [0.2, 0.25) is 0 Å². The Morgan fingerprint density at radius 3 is 2.42 bits per heavy atom. The SMILES string of the molecule is CCCNC(=O)CCNS(=O)(=O)c1ccc(O)cc1. The van der Waals surface area contributed by atoms with Crippen LogP contribution in [0.15, 0.2) is 29.2 Å². The van der Waals surface area contributed by atoms with Crippen LogP contribution in [0.5, 0.6) is 5.75 Å². The van der Waals surface area contributed by atoms with Gasteiger partial charge in [-0.25, -0.2) is 13.1 Å². The third-order valence-corrected chi connectivity index (χ3v) is 3.84. The maximum Gasteiger partial charge on any atom is 0.240 e. The number of carbonyl (C=O) groups excluding carboxylic acids is 1. The van der Waals surface area contributed by atoms with Gasteiger partial charge in [-0.1, -0.05) is 6.92 Å². The maximum atomic E-state index is 11.8. The van der Waals surface area contributed by atoms with E-state index in [2.05, 4.69) is 10.0 Å². The zero-order valence-corrected chi connectivity index (χ0v) is 11.5. The van der Waals surface area contributed by atoms with Gasteiger partial charge in [-0.15, -0.1) is 0 Å². The molecule has 6 nitrogen and oxygen atoms in total. The average molecular weight is 286 g/mol. The van der Waals surface area contributed by atoms with Crippen molar-refractivity contribution in [1.82, 2.24) is 10.0 Å². The first kappa shape index (κ1) is 15.5. The number of hydrogen-bond acceptors (Lipinski definition) is 4. The fourth-order valence-corrected chi connectivity index (χ4v) is 2.39. The van der Waals surface area contributed by atoms with Crippen LogP contribution < -0.4 is 10.0 Å². The van der Waals surface area contributed by atoms with E-state index in [1.54, 1.807) is 0 Å². The Labute approximate surface area is 112 Å². The molecule has 0 unspecified atom stereocenters. The summed E-state index contributed by atoms with van der Waals surface area (Å²) in [6.45, 7) is 2.57. The molecule has 1 amide bonds. The summed E-state index contributed by atoms with van der Waals surface area (Å²) in [6.07, 6.45) is 0.933. The number of rotatable bonds is 7. The quantitative estimate of drug-likeness (QED) is 0.683. The van der Waals surface area contributed by atoms with Crippen molar-refractivity contribution in [2.24, 2.45) is 0 Å². The van der Waals surface area contributed by atoms with Gasteiger partial charge in [0.25, 0.3) is 0 Å². The van der Waals surface area contributed by atoms with Crippen LogP contribution in [-0.2, 0) is 14.8 Å². The topological polar surface area (TPSA) is 95.5 Å². The van der Waals surface area contributed by atoms with E-state index < -0.39 is 10.0 Å². The predicted molar refractivity (Wildman–Crippen MR) is 71.2 cm³/mol. The Hall–Kier alpha value is -1.60. The summed E-state index contributed by atoms with van der Waals surface area (Å²) in [7, 11) is -3.63. The van der Waals surface area contributed by atoms with Crippen molar-refractivity contribution in [2.45, 2.75) is 24.7 Å². The molecule has 1 aromatic rings. The highest BCUT2D eigenvalue weighted by Crippen LogP contribution is 2.13. The first-order valence-corrected chi connectivity index (χ1v) is 7.49. The summed E-state index contributed by atoms with van der Waals surface area (Å²) < 4.78 is 26.0. The smallest absolute Gasteiger partial charge is 0.240 e. The number of phenols is 1. The molecule has 0 radical (unpaired) electrons. The van der Waals surface area contributed by atoms with Crippen molar-refractivity contribution in [3.8, 4) is 5.75 Å². The van der Waals surface area contributed by atoms with Crippen LogP contribution in [-0.4, -0.2) is 32.5 Å². The minimum absolute atomic E-state index is 0.00195. The van der Waals surface area contributed by atoms with E-state index >= 15 is 0 Å². The Morgan fingerprint density at radius 1 is 1.21 bits per heavy atom. The molecule has 0 aromatic heterocycles. The molecule has 1 rings (SSSR count). The summed E-state index contributed by atoms with van der Waals surface area (Å²) in [6, 6.07) is 5.19.